The summed E-state index contributed by atoms with van der Waals surface area (Å²) in [6.07, 6.45) is 7.36. The van der Waals surface area contributed by atoms with Crippen LogP contribution in [0.25, 0.3) is 0 Å². The maximum atomic E-state index is 6.88. The number of halogens is 1. The van der Waals surface area contributed by atoms with Gasteiger partial charge in [0.05, 0.1) is 25.9 Å². The molecular weight excluding hydrogens is 503 g/mol. The molecule has 1 aromatic rings. The van der Waals surface area contributed by atoms with Crippen molar-refractivity contribution in [3.63, 3.8) is 0 Å². The summed E-state index contributed by atoms with van der Waals surface area (Å²) >= 11 is 2.27. The molecular formula is C25H41IO3Si. The molecule has 30 heavy (non-hydrogen) atoms. The molecule has 2 atom stereocenters. The van der Waals surface area contributed by atoms with Crippen molar-refractivity contribution in [1.82, 2.24) is 0 Å². The van der Waals surface area contributed by atoms with Gasteiger partial charge in [0.2, 0.25) is 0 Å². The second kappa shape index (κ2) is 11.8. The first-order valence-electron chi connectivity index (χ1n) is 10.7. The Balaban J connectivity index is 3.10. The van der Waals surface area contributed by atoms with E-state index in [1.54, 1.807) is 7.11 Å². The number of benzene rings is 1. The van der Waals surface area contributed by atoms with E-state index >= 15 is 0 Å². The van der Waals surface area contributed by atoms with Crippen LogP contribution in [-0.4, -0.2) is 27.6 Å². The molecule has 0 bridgehead atoms. The van der Waals surface area contributed by atoms with Gasteiger partial charge in [-0.3, -0.25) is 0 Å². The number of hydrogen-bond acceptors (Lipinski definition) is 3. The maximum absolute atomic E-state index is 6.88. The maximum Gasteiger partial charge on any atom is 0.192 e. The van der Waals surface area contributed by atoms with Crippen LogP contribution in [0.3, 0.4) is 0 Å². The van der Waals surface area contributed by atoms with Crippen molar-refractivity contribution in [3.05, 3.63) is 52.1 Å². The van der Waals surface area contributed by atoms with Crippen molar-refractivity contribution in [1.29, 1.82) is 0 Å². The Kier molecular flexibility index (Phi) is 10.8. The first-order chi connectivity index (χ1) is 13.9. The summed E-state index contributed by atoms with van der Waals surface area (Å²) in [6, 6.07) is 8.08. The van der Waals surface area contributed by atoms with E-state index in [1.807, 2.05) is 12.1 Å². The molecule has 0 amide bonds. The van der Waals surface area contributed by atoms with E-state index in [9.17, 15) is 0 Å². The third kappa shape index (κ3) is 7.81. The van der Waals surface area contributed by atoms with Crippen molar-refractivity contribution < 1.29 is 13.9 Å². The molecule has 0 radical (unpaired) electrons. The molecule has 0 aromatic heterocycles. The van der Waals surface area contributed by atoms with Crippen LogP contribution in [-0.2, 0) is 15.8 Å². The molecule has 1 rings (SSSR count). The van der Waals surface area contributed by atoms with Gasteiger partial charge in [0.15, 0.2) is 8.32 Å². The Bertz CT molecular complexity index is 687. The van der Waals surface area contributed by atoms with E-state index < -0.39 is 8.32 Å². The summed E-state index contributed by atoms with van der Waals surface area (Å²) in [6.45, 7) is 18.7. The molecule has 0 saturated carbocycles. The van der Waals surface area contributed by atoms with E-state index in [4.69, 9.17) is 13.9 Å². The summed E-state index contributed by atoms with van der Waals surface area (Å²) in [5.41, 5.74) is 0.952. The largest absolute Gasteiger partial charge is 0.497 e. The molecule has 0 aliphatic heterocycles. The summed E-state index contributed by atoms with van der Waals surface area (Å²) < 4.78 is 20.7. The van der Waals surface area contributed by atoms with Gasteiger partial charge in [0, 0.05) is 5.41 Å². The lowest BCUT2D eigenvalue weighted by Crippen LogP contribution is -2.50. The van der Waals surface area contributed by atoms with E-state index in [0.717, 1.165) is 17.7 Å². The van der Waals surface area contributed by atoms with E-state index in [1.165, 1.54) is 0 Å². The fraction of sp³-hybridized carbons (Fsp3) is 0.600. The molecule has 0 heterocycles. The Morgan fingerprint density at radius 2 is 1.67 bits per heavy atom. The van der Waals surface area contributed by atoms with Crippen molar-refractivity contribution in [3.8, 4) is 5.75 Å². The smallest absolute Gasteiger partial charge is 0.192 e. The van der Waals surface area contributed by atoms with Gasteiger partial charge >= 0.3 is 0 Å². The van der Waals surface area contributed by atoms with Crippen molar-refractivity contribution in [2.45, 2.75) is 84.9 Å². The SMILES string of the molecule is C/C=C/[C@@H](O[Si](C)(C)C(C)(C)C)C(C)(C)[C@H](C/C=C\I)OCc1ccc(OC)cc1. The van der Waals surface area contributed by atoms with Gasteiger partial charge in [-0.05, 0) is 53.3 Å². The predicted octanol–water partition coefficient (Wildman–Crippen LogP) is 7.91. The molecule has 0 fully saturated rings. The van der Waals surface area contributed by atoms with Crippen LogP contribution in [0.1, 0.15) is 53.5 Å². The lowest BCUT2D eigenvalue weighted by atomic mass is 9.79. The van der Waals surface area contributed by atoms with Crippen molar-refractivity contribution in [2.24, 2.45) is 5.41 Å². The third-order valence-electron chi connectivity index (χ3n) is 6.21. The normalized spacial score (nSPS) is 15.7. The average Bonchev–Trinajstić information content (AvgIpc) is 2.67. The van der Waals surface area contributed by atoms with Crippen molar-refractivity contribution >= 4 is 30.9 Å². The molecule has 1 aromatic carbocycles. The summed E-state index contributed by atoms with van der Waals surface area (Å²) in [5.74, 6) is 0.861. The molecule has 0 N–H and O–H groups in total. The number of ether oxygens (including phenoxy) is 2. The predicted molar refractivity (Wildman–Crippen MR) is 140 cm³/mol. The Hall–Kier alpha value is -0.633. The second-order valence-corrected chi connectivity index (χ2v) is 15.4. The lowest BCUT2D eigenvalue weighted by molar-refractivity contribution is -0.0722. The average molecular weight is 545 g/mol. The van der Waals surface area contributed by atoms with Crippen LogP contribution >= 0.6 is 22.6 Å². The third-order valence-corrected chi connectivity index (χ3v) is 11.2. The topological polar surface area (TPSA) is 27.7 Å². The Labute approximate surface area is 199 Å². The Morgan fingerprint density at radius 3 is 2.13 bits per heavy atom. The quantitative estimate of drug-likeness (QED) is 0.161. The molecule has 0 saturated heterocycles. The minimum absolute atomic E-state index is 0.00753. The highest BCUT2D eigenvalue weighted by atomic mass is 127. The monoisotopic (exact) mass is 544 g/mol. The van der Waals surface area contributed by atoms with E-state index in [0.29, 0.717) is 6.61 Å². The molecule has 3 nitrogen and oxygen atoms in total. The highest BCUT2D eigenvalue weighted by Crippen LogP contribution is 2.42. The molecule has 0 spiro atoms. The Morgan fingerprint density at radius 1 is 1.07 bits per heavy atom. The standard InChI is InChI=1S/C25H41IO3Si/c1-10-12-23(29-30(8,9)24(2,3)4)25(5,6)22(13-11-18-26)28-19-20-14-16-21(27-7)17-15-20/h10-12,14-18,22-23H,13,19H2,1-9H3/b12-10+,18-11-/t22-,23+/m0/s1. The van der Waals surface area contributed by atoms with Crippen LogP contribution < -0.4 is 4.74 Å². The number of rotatable bonds is 11. The van der Waals surface area contributed by atoms with Crippen LogP contribution in [0, 0.1) is 5.41 Å². The fourth-order valence-corrected chi connectivity index (χ4v) is 4.64. The van der Waals surface area contributed by atoms with Crippen molar-refractivity contribution in [2.75, 3.05) is 7.11 Å². The van der Waals surface area contributed by atoms with E-state index in [2.05, 4.69) is 112 Å². The van der Waals surface area contributed by atoms with Crippen LogP contribution in [0.2, 0.25) is 18.1 Å². The van der Waals surface area contributed by atoms with E-state index in [-0.39, 0.29) is 22.7 Å². The molecule has 170 valence electrons. The van der Waals surface area contributed by atoms with Crippen LogP contribution in [0.15, 0.2) is 46.6 Å². The number of methoxy groups -OCH3 is 1. The zero-order valence-electron chi connectivity index (χ0n) is 20.3. The van der Waals surface area contributed by atoms with Gasteiger partial charge in [0.25, 0.3) is 0 Å². The summed E-state index contributed by atoms with van der Waals surface area (Å²) in [7, 11) is -0.245. The minimum Gasteiger partial charge on any atom is -0.497 e. The molecule has 0 aliphatic rings. The van der Waals surface area contributed by atoms with Gasteiger partial charge in [-0.15, -0.1) is 0 Å². The molecule has 5 heteroatoms. The first-order valence-corrected chi connectivity index (χ1v) is 14.8. The fourth-order valence-electron chi connectivity index (χ4n) is 2.97. The zero-order chi connectivity index (χ0) is 23.0. The van der Waals surface area contributed by atoms with Crippen LogP contribution in [0.5, 0.6) is 5.75 Å². The lowest BCUT2D eigenvalue weighted by Gasteiger charge is -2.46. The van der Waals surface area contributed by atoms with Gasteiger partial charge in [0.1, 0.15) is 5.75 Å². The highest BCUT2D eigenvalue weighted by Gasteiger charge is 2.44. The summed E-state index contributed by atoms with van der Waals surface area (Å²) in [4.78, 5) is 0. The highest BCUT2D eigenvalue weighted by molar-refractivity contribution is 14.1. The number of allylic oxidation sites excluding steroid dienone is 1. The first kappa shape index (κ1) is 27.4. The van der Waals surface area contributed by atoms with Gasteiger partial charge in [-0.1, -0.05) is 87.6 Å². The molecule has 0 unspecified atom stereocenters. The number of hydrogen-bond donors (Lipinski definition) is 0. The summed E-state index contributed by atoms with van der Waals surface area (Å²) in [5, 5.41) is 0.157. The zero-order valence-corrected chi connectivity index (χ0v) is 23.4. The van der Waals surface area contributed by atoms with Gasteiger partial charge in [-0.2, -0.15) is 0 Å². The second-order valence-electron chi connectivity index (χ2n) is 9.89. The van der Waals surface area contributed by atoms with Gasteiger partial charge in [-0.25, -0.2) is 0 Å². The minimum atomic E-state index is -1.93. The van der Waals surface area contributed by atoms with Gasteiger partial charge < -0.3 is 13.9 Å². The molecule has 0 aliphatic carbocycles. The van der Waals surface area contributed by atoms with Crippen LogP contribution in [0.4, 0.5) is 0 Å².